The molecule has 6 nitrogen and oxygen atoms in total. The number of nitrogens with zero attached hydrogens (tertiary/aromatic N) is 1. The lowest BCUT2D eigenvalue weighted by Gasteiger charge is -2.21. The maximum atomic E-state index is 13.1. The van der Waals surface area contributed by atoms with Gasteiger partial charge < -0.3 is 10.2 Å². The first kappa shape index (κ1) is 23.1. The van der Waals surface area contributed by atoms with Gasteiger partial charge in [-0.15, -0.1) is 0 Å². The molecule has 0 saturated carbocycles. The van der Waals surface area contributed by atoms with Gasteiger partial charge in [0.25, 0.3) is 15.9 Å². The first-order chi connectivity index (χ1) is 15.8. The fourth-order valence-electron chi connectivity index (χ4n) is 3.77. The molecule has 3 aromatic carbocycles. The zero-order valence-corrected chi connectivity index (χ0v) is 19.3. The molecule has 1 heterocycles. The molecule has 4 rings (SSSR count). The van der Waals surface area contributed by atoms with E-state index in [4.69, 9.17) is 11.6 Å². The van der Waals surface area contributed by atoms with E-state index in [0.29, 0.717) is 6.54 Å². The summed E-state index contributed by atoms with van der Waals surface area (Å²) >= 11 is 6.16. The third kappa shape index (κ3) is 5.46. The Kier molecular flexibility index (Phi) is 6.85. The van der Waals surface area contributed by atoms with Crippen LogP contribution in [0, 0.1) is 5.82 Å². The summed E-state index contributed by atoms with van der Waals surface area (Å²) in [6.45, 7) is 2.34. The van der Waals surface area contributed by atoms with Crippen LogP contribution in [0.25, 0.3) is 0 Å². The van der Waals surface area contributed by atoms with Gasteiger partial charge in [0.05, 0.1) is 15.6 Å². The standard InChI is InChI=1S/C24H23ClFN3O3S/c25-21-12-7-17(15-22(21)28-33(31,32)20-10-8-19(26)9-11-20)24(30)27-16-18-5-1-2-6-23(18)29-13-3-4-14-29/h1-2,5-12,15,28H,3-4,13-14,16H2,(H,27,30). The molecule has 0 spiro atoms. The lowest BCUT2D eigenvalue weighted by Crippen LogP contribution is -2.25. The van der Waals surface area contributed by atoms with Crippen molar-refractivity contribution in [3.05, 3.63) is 88.7 Å². The Morgan fingerprint density at radius 3 is 2.42 bits per heavy atom. The smallest absolute Gasteiger partial charge is 0.261 e. The van der Waals surface area contributed by atoms with Gasteiger partial charge in [-0.3, -0.25) is 9.52 Å². The van der Waals surface area contributed by atoms with Gasteiger partial charge in [0.15, 0.2) is 0 Å². The second-order valence-electron chi connectivity index (χ2n) is 7.76. The van der Waals surface area contributed by atoms with Crippen LogP contribution in [0.4, 0.5) is 15.8 Å². The van der Waals surface area contributed by atoms with Crippen molar-refractivity contribution in [2.24, 2.45) is 0 Å². The number of carbonyl (C=O) groups excluding carboxylic acids is 1. The highest BCUT2D eigenvalue weighted by molar-refractivity contribution is 7.92. The number of hydrogen-bond acceptors (Lipinski definition) is 4. The van der Waals surface area contributed by atoms with E-state index in [1.807, 2.05) is 18.2 Å². The molecule has 1 aliphatic rings. The van der Waals surface area contributed by atoms with Crippen molar-refractivity contribution in [3.63, 3.8) is 0 Å². The molecule has 172 valence electrons. The number of carbonyl (C=O) groups is 1. The van der Waals surface area contributed by atoms with Crippen molar-refractivity contribution in [2.75, 3.05) is 22.7 Å². The van der Waals surface area contributed by atoms with Gasteiger partial charge in [0.1, 0.15) is 5.82 Å². The molecule has 1 amide bonds. The van der Waals surface area contributed by atoms with Crippen LogP contribution in [0.1, 0.15) is 28.8 Å². The van der Waals surface area contributed by atoms with Gasteiger partial charge in [-0.05, 0) is 66.9 Å². The Morgan fingerprint density at radius 1 is 1.00 bits per heavy atom. The van der Waals surface area contributed by atoms with Gasteiger partial charge in [-0.25, -0.2) is 12.8 Å². The van der Waals surface area contributed by atoms with E-state index in [1.54, 1.807) is 0 Å². The van der Waals surface area contributed by atoms with Crippen molar-refractivity contribution in [2.45, 2.75) is 24.3 Å². The summed E-state index contributed by atoms with van der Waals surface area (Å²) in [7, 11) is -4.00. The van der Waals surface area contributed by atoms with Crippen LogP contribution in [-0.2, 0) is 16.6 Å². The molecule has 0 aliphatic carbocycles. The first-order valence-corrected chi connectivity index (χ1v) is 12.4. The Balaban J connectivity index is 1.49. The van der Waals surface area contributed by atoms with E-state index in [-0.39, 0.29) is 27.1 Å². The Bertz CT molecular complexity index is 1260. The highest BCUT2D eigenvalue weighted by Crippen LogP contribution is 2.27. The van der Waals surface area contributed by atoms with Crippen LogP contribution in [0.15, 0.2) is 71.6 Å². The Morgan fingerprint density at radius 2 is 1.70 bits per heavy atom. The highest BCUT2D eigenvalue weighted by atomic mass is 35.5. The van der Waals surface area contributed by atoms with Crippen molar-refractivity contribution >= 4 is 38.9 Å². The summed E-state index contributed by atoms with van der Waals surface area (Å²) in [6, 6.07) is 16.7. The lowest BCUT2D eigenvalue weighted by atomic mass is 10.1. The SMILES string of the molecule is O=C(NCc1ccccc1N1CCCC1)c1ccc(Cl)c(NS(=O)(=O)c2ccc(F)cc2)c1. The second-order valence-corrected chi connectivity index (χ2v) is 9.85. The normalized spacial score (nSPS) is 13.7. The molecule has 2 N–H and O–H groups in total. The van der Waals surface area contributed by atoms with Crippen molar-refractivity contribution in [1.82, 2.24) is 5.32 Å². The van der Waals surface area contributed by atoms with E-state index in [2.05, 4.69) is 21.0 Å². The number of halogens is 2. The first-order valence-electron chi connectivity index (χ1n) is 10.5. The monoisotopic (exact) mass is 487 g/mol. The van der Waals surface area contributed by atoms with Crippen LogP contribution in [0.5, 0.6) is 0 Å². The Hall–Kier alpha value is -3.10. The van der Waals surface area contributed by atoms with Gasteiger partial charge in [-0.2, -0.15) is 0 Å². The molecule has 3 aromatic rings. The fourth-order valence-corrected chi connectivity index (χ4v) is 5.06. The number of benzene rings is 3. The molecule has 9 heteroatoms. The summed E-state index contributed by atoms with van der Waals surface area (Å²) in [5.74, 6) is -0.901. The van der Waals surface area contributed by atoms with E-state index >= 15 is 0 Å². The molecule has 0 unspecified atom stereocenters. The van der Waals surface area contributed by atoms with Gasteiger partial charge in [0.2, 0.25) is 0 Å². The number of sulfonamides is 1. The third-order valence-electron chi connectivity index (χ3n) is 5.47. The number of nitrogens with one attached hydrogen (secondary N) is 2. The molecular weight excluding hydrogens is 465 g/mol. The summed E-state index contributed by atoms with van der Waals surface area (Å²) in [5, 5.41) is 3.03. The minimum Gasteiger partial charge on any atom is -0.371 e. The van der Waals surface area contributed by atoms with Crippen LogP contribution in [0.3, 0.4) is 0 Å². The number of anilines is 2. The van der Waals surface area contributed by atoms with Gasteiger partial charge >= 0.3 is 0 Å². The second kappa shape index (κ2) is 9.80. The third-order valence-corrected chi connectivity index (χ3v) is 7.19. The van der Waals surface area contributed by atoms with Crippen LogP contribution >= 0.6 is 11.6 Å². The lowest BCUT2D eigenvalue weighted by molar-refractivity contribution is 0.0951. The maximum absolute atomic E-state index is 13.1. The largest absolute Gasteiger partial charge is 0.371 e. The van der Waals surface area contributed by atoms with Crippen LogP contribution in [-0.4, -0.2) is 27.4 Å². The maximum Gasteiger partial charge on any atom is 0.261 e. The summed E-state index contributed by atoms with van der Waals surface area (Å²) in [6.07, 6.45) is 2.31. The summed E-state index contributed by atoms with van der Waals surface area (Å²) in [5.41, 5.74) is 2.44. The highest BCUT2D eigenvalue weighted by Gasteiger charge is 2.19. The van der Waals surface area contributed by atoms with Gasteiger partial charge in [0, 0.05) is 30.9 Å². The molecule has 0 radical (unpaired) electrons. The van der Waals surface area contributed by atoms with Crippen molar-refractivity contribution < 1.29 is 17.6 Å². The summed E-state index contributed by atoms with van der Waals surface area (Å²) < 4.78 is 40.7. The predicted octanol–water partition coefficient (Wildman–Crippen LogP) is 4.81. The molecule has 0 atom stereocenters. The molecule has 1 fully saturated rings. The topological polar surface area (TPSA) is 78.5 Å². The molecule has 0 bridgehead atoms. The van der Waals surface area contributed by atoms with E-state index < -0.39 is 15.8 Å². The molecule has 33 heavy (non-hydrogen) atoms. The Labute approximate surface area is 197 Å². The zero-order valence-electron chi connectivity index (χ0n) is 17.7. The minimum atomic E-state index is -4.00. The van der Waals surface area contributed by atoms with Gasteiger partial charge in [-0.1, -0.05) is 29.8 Å². The molecule has 1 aliphatic heterocycles. The summed E-state index contributed by atoms with van der Waals surface area (Å²) in [4.78, 5) is 15.0. The van der Waals surface area contributed by atoms with Crippen molar-refractivity contribution in [1.29, 1.82) is 0 Å². The fraction of sp³-hybridized carbons (Fsp3) is 0.208. The number of rotatable bonds is 7. The zero-order chi connectivity index (χ0) is 23.4. The quantitative estimate of drug-likeness (QED) is 0.501. The van der Waals surface area contributed by atoms with E-state index in [0.717, 1.165) is 61.4 Å². The number of para-hydroxylation sites is 1. The average molecular weight is 488 g/mol. The average Bonchev–Trinajstić information content (AvgIpc) is 3.34. The minimum absolute atomic E-state index is 0.0612. The van der Waals surface area contributed by atoms with Crippen LogP contribution in [0.2, 0.25) is 5.02 Å². The molecular formula is C24H23ClFN3O3S. The van der Waals surface area contributed by atoms with E-state index in [1.165, 1.54) is 18.2 Å². The molecule has 0 aromatic heterocycles. The predicted molar refractivity (Wildman–Crippen MR) is 128 cm³/mol. The number of amides is 1. The van der Waals surface area contributed by atoms with Crippen molar-refractivity contribution in [3.8, 4) is 0 Å². The molecule has 1 saturated heterocycles. The van der Waals surface area contributed by atoms with Crippen LogP contribution < -0.4 is 14.9 Å². The van der Waals surface area contributed by atoms with E-state index in [9.17, 15) is 17.6 Å². The number of hydrogen-bond donors (Lipinski definition) is 2.